The van der Waals surface area contributed by atoms with Crippen molar-refractivity contribution >= 4 is 0 Å². The van der Waals surface area contributed by atoms with Gasteiger partial charge in [-0.15, -0.1) is 0 Å². The van der Waals surface area contributed by atoms with Gasteiger partial charge in [0.05, 0.1) is 0 Å². The van der Waals surface area contributed by atoms with Crippen molar-refractivity contribution < 1.29 is 0 Å². The molecule has 4 heteroatoms. The van der Waals surface area contributed by atoms with Gasteiger partial charge in [-0.05, 0) is 48.9 Å². The second kappa shape index (κ2) is 14.0. The van der Waals surface area contributed by atoms with Crippen molar-refractivity contribution in [2.24, 2.45) is 0 Å². The first kappa shape index (κ1) is 24.2. The molecule has 0 bridgehead atoms. The highest BCUT2D eigenvalue weighted by Crippen LogP contribution is 2.11. The zero-order chi connectivity index (χ0) is 21.6. The molecule has 4 nitrogen and oxygen atoms in total. The molecule has 0 fully saturated rings. The molecule has 0 saturated heterocycles. The highest BCUT2D eigenvalue weighted by atomic mass is 15.0. The molecule has 0 unspecified atom stereocenters. The van der Waals surface area contributed by atoms with E-state index >= 15 is 0 Å². The van der Waals surface area contributed by atoms with Gasteiger partial charge in [0.1, 0.15) is 11.0 Å². The van der Waals surface area contributed by atoms with Crippen LogP contribution in [-0.2, 0) is 25.9 Å². The zero-order valence-corrected chi connectivity index (χ0v) is 19.3. The summed E-state index contributed by atoms with van der Waals surface area (Å²) >= 11 is 0. The summed E-state index contributed by atoms with van der Waals surface area (Å²) in [6, 6.07) is 7.97. The molecule has 0 amide bonds. The lowest BCUT2D eigenvalue weighted by molar-refractivity contribution is 0.513. The number of nitrogens with zero attached hydrogens (tertiary/aromatic N) is 2. The molecule has 2 aromatic rings. The summed E-state index contributed by atoms with van der Waals surface area (Å²) in [4.78, 5) is 0. The highest BCUT2D eigenvalue weighted by Gasteiger charge is 1.98. The van der Waals surface area contributed by atoms with Crippen molar-refractivity contribution in [3.8, 4) is 0 Å². The molecule has 2 aromatic heterocycles. The zero-order valence-electron chi connectivity index (χ0n) is 19.3. The van der Waals surface area contributed by atoms with E-state index in [0.717, 1.165) is 25.9 Å². The fraction of sp³-hybridized carbons (Fsp3) is 0.615. The molecule has 0 aliphatic heterocycles. The number of aryl methyl sites for hydroxylation is 4. The summed E-state index contributed by atoms with van der Waals surface area (Å²) in [5.41, 5.74) is 3.89. The number of aromatic nitrogens is 2. The highest BCUT2D eigenvalue weighted by molar-refractivity contribution is 5.09. The molecule has 2 heterocycles. The maximum absolute atomic E-state index is 8.01. The Hall–Kier alpha value is -2.10. The van der Waals surface area contributed by atoms with E-state index in [-0.39, 0.29) is 0 Å². The molecular formula is C26H42N4. The van der Waals surface area contributed by atoms with E-state index in [2.05, 4.69) is 47.5 Å². The van der Waals surface area contributed by atoms with Crippen molar-refractivity contribution in [1.82, 2.24) is 9.13 Å². The lowest BCUT2D eigenvalue weighted by Crippen LogP contribution is -2.19. The lowest BCUT2D eigenvalue weighted by Gasteiger charge is -2.09. The normalized spacial score (nSPS) is 11.1. The SMILES string of the molecule is CCc1ccc(=N)n(CCCCCCCCCCCCn2cc(CC)ccc2=N)c1. The van der Waals surface area contributed by atoms with Gasteiger partial charge in [-0.1, -0.05) is 77.3 Å². The molecule has 2 rings (SSSR count). The molecule has 0 aliphatic rings. The van der Waals surface area contributed by atoms with E-state index in [4.69, 9.17) is 10.8 Å². The molecule has 0 atom stereocenters. The monoisotopic (exact) mass is 410 g/mol. The van der Waals surface area contributed by atoms with Crippen LogP contribution in [-0.4, -0.2) is 9.13 Å². The second-order valence-corrected chi connectivity index (χ2v) is 8.47. The van der Waals surface area contributed by atoms with Gasteiger partial charge in [0.2, 0.25) is 0 Å². The summed E-state index contributed by atoms with van der Waals surface area (Å²) in [6.45, 7) is 6.29. The van der Waals surface area contributed by atoms with Crippen LogP contribution in [0.3, 0.4) is 0 Å². The topological polar surface area (TPSA) is 57.6 Å². The van der Waals surface area contributed by atoms with Gasteiger partial charge in [0.25, 0.3) is 0 Å². The van der Waals surface area contributed by atoms with Crippen LogP contribution in [0.25, 0.3) is 0 Å². The van der Waals surface area contributed by atoms with Crippen LogP contribution in [0.4, 0.5) is 0 Å². The Kier molecular flexibility index (Phi) is 11.3. The quantitative estimate of drug-likeness (QED) is 0.340. The van der Waals surface area contributed by atoms with Crippen LogP contribution in [0.5, 0.6) is 0 Å². The van der Waals surface area contributed by atoms with Gasteiger partial charge in [0, 0.05) is 25.5 Å². The van der Waals surface area contributed by atoms with E-state index in [1.54, 1.807) is 0 Å². The Morgan fingerprint density at radius 3 is 1.20 bits per heavy atom. The first-order valence-corrected chi connectivity index (χ1v) is 12.1. The van der Waals surface area contributed by atoms with Crippen molar-refractivity contribution in [3.63, 3.8) is 0 Å². The van der Waals surface area contributed by atoms with Gasteiger partial charge < -0.3 is 9.13 Å². The van der Waals surface area contributed by atoms with Crippen LogP contribution in [0.1, 0.15) is 89.2 Å². The van der Waals surface area contributed by atoms with Gasteiger partial charge in [-0.2, -0.15) is 0 Å². The first-order chi connectivity index (χ1) is 14.6. The number of rotatable bonds is 15. The van der Waals surface area contributed by atoms with Crippen molar-refractivity contribution in [2.45, 2.75) is 104 Å². The Morgan fingerprint density at radius 2 is 0.867 bits per heavy atom. The minimum absolute atomic E-state index is 0.627. The van der Waals surface area contributed by atoms with Crippen molar-refractivity contribution in [1.29, 1.82) is 10.8 Å². The van der Waals surface area contributed by atoms with E-state index < -0.39 is 0 Å². The molecule has 166 valence electrons. The average molecular weight is 411 g/mol. The summed E-state index contributed by atoms with van der Waals surface area (Å²) in [5.74, 6) is 0. The van der Waals surface area contributed by atoms with Crippen LogP contribution in [0.2, 0.25) is 0 Å². The van der Waals surface area contributed by atoms with Gasteiger partial charge >= 0.3 is 0 Å². The fourth-order valence-electron chi connectivity index (χ4n) is 3.96. The predicted octanol–water partition coefficient (Wildman–Crippen LogP) is 5.97. The third-order valence-electron chi connectivity index (χ3n) is 6.04. The molecule has 0 radical (unpaired) electrons. The van der Waals surface area contributed by atoms with Gasteiger partial charge in [-0.25, -0.2) is 0 Å². The smallest absolute Gasteiger partial charge is 0.124 e. The summed E-state index contributed by atoms with van der Waals surface area (Å²) in [6.07, 6.45) is 19.3. The Bertz CT molecular complexity index is 775. The molecule has 0 saturated carbocycles. The Labute approximate surface area is 183 Å². The molecule has 30 heavy (non-hydrogen) atoms. The molecule has 2 N–H and O–H groups in total. The number of nitrogens with one attached hydrogen (secondary N) is 2. The Balaban J connectivity index is 1.45. The molecule has 0 aliphatic carbocycles. The molecule has 0 spiro atoms. The Morgan fingerprint density at radius 1 is 0.533 bits per heavy atom. The number of unbranched alkanes of at least 4 members (excludes halogenated alkanes) is 9. The van der Waals surface area contributed by atoms with E-state index in [1.165, 1.54) is 75.3 Å². The van der Waals surface area contributed by atoms with E-state index in [0.29, 0.717) is 11.0 Å². The van der Waals surface area contributed by atoms with Crippen LogP contribution in [0, 0.1) is 10.8 Å². The van der Waals surface area contributed by atoms with Crippen LogP contribution < -0.4 is 11.0 Å². The molecular weight excluding hydrogens is 368 g/mol. The standard InChI is InChI=1S/C26H42N4/c1-3-23-15-17-25(27)29(21-23)19-13-11-9-7-5-6-8-10-12-14-20-30-22-24(4-2)16-18-26(30)28/h15-18,21-22,27-28H,3-14,19-20H2,1-2H3. The van der Waals surface area contributed by atoms with E-state index in [9.17, 15) is 0 Å². The summed E-state index contributed by atoms with van der Waals surface area (Å²) < 4.78 is 4.19. The maximum Gasteiger partial charge on any atom is 0.124 e. The third-order valence-corrected chi connectivity index (χ3v) is 6.04. The number of hydrogen-bond donors (Lipinski definition) is 2. The summed E-state index contributed by atoms with van der Waals surface area (Å²) in [7, 11) is 0. The second-order valence-electron chi connectivity index (χ2n) is 8.47. The number of pyridine rings is 2. The predicted molar refractivity (Wildman–Crippen MR) is 125 cm³/mol. The minimum atomic E-state index is 0.627. The van der Waals surface area contributed by atoms with Crippen molar-refractivity contribution in [2.75, 3.05) is 0 Å². The van der Waals surface area contributed by atoms with Gasteiger partial charge in [0.15, 0.2) is 0 Å². The van der Waals surface area contributed by atoms with Crippen LogP contribution in [0.15, 0.2) is 36.7 Å². The average Bonchev–Trinajstić information content (AvgIpc) is 2.76. The first-order valence-electron chi connectivity index (χ1n) is 12.1. The van der Waals surface area contributed by atoms with Crippen LogP contribution >= 0.6 is 0 Å². The summed E-state index contributed by atoms with van der Waals surface area (Å²) in [5, 5.41) is 16.0. The third kappa shape index (κ3) is 8.73. The maximum atomic E-state index is 8.01. The minimum Gasteiger partial charge on any atom is -0.333 e. The number of hydrogen-bond acceptors (Lipinski definition) is 2. The van der Waals surface area contributed by atoms with E-state index in [1.807, 2.05) is 12.1 Å². The largest absolute Gasteiger partial charge is 0.333 e. The lowest BCUT2D eigenvalue weighted by atomic mass is 10.1. The fourth-order valence-corrected chi connectivity index (χ4v) is 3.96. The molecule has 0 aromatic carbocycles. The van der Waals surface area contributed by atoms with Gasteiger partial charge in [-0.3, -0.25) is 10.8 Å². The van der Waals surface area contributed by atoms with Crippen molar-refractivity contribution in [3.05, 3.63) is 58.8 Å².